The van der Waals surface area contributed by atoms with Gasteiger partial charge in [-0.25, -0.2) is 17.8 Å². The highest BCUT2D eigenvalue weighted by Crippen LogP contribution is 2.39. The van der Waals surface area contributed by atoms with E-state index in [1.807, 2.05) is 36.4 Å². The maximum atomic E-state index is 14.3. The number of pyridine rings is 1. The summed E-state index contributed by atoms with van der Waals surface area (Å²) in [6.07, 6.45) is 5.80. The number of hydrogen-bond acceptors (Lipinski definition) is 10. The summed E-state index contributed by atoms with van der Waals surface area (Å²) in [4.78, 5) is 43.5. The van der Waals surface area contributed by atoms with Gasteiger partial charge in [0, 0.05) is 36.3 Å². The first-order valence-corrected chi connectivity index (χ1v) is 25.9. The van der Waals surface area contributed by atoms with Gasteiger partial charge in [0.05, 0.1) is 17.5 Å². The van der Waals surface area contributed by atoms with Crippen molar-refractivity contribution in [2.24, 2.45) is 18.9 Å². The molecule has 14 nitrogen and oxygen atoms in total. The van der Waals surface area contributed by atoms with Crippen LogP contribution in [0.2, 0.25) is 10.0 Å². The van der Waals surface area contributed by atoms with Crippen molar-refractivity contribution in [3.05, 3.63) is 147 Å². The highest BCUT2D eigenvalue weighted by molar-refractivity contribution is 7.89. The minimum atomic E-state index is -4.28. The normalized spacial score (nSPS) is 20.8. The average molecular weight is 1030 g/mol. The first-order chi connectivity index (χ1) is 34.2. The molecule has 4 aliphatic heterocycles. The summed E-state index contributed by atoms with van der Waals surface area (Å²) in [6.45, 7) is -0.0519. The molecule has 19 heteroatoms. The van der Waals surface area contributed by atoms with E-state index in [2.05, 4.69) is 15.5 Å². The number of nitrogens with zero attached hydrogens (tertiary/aromatic N) is 3. The van der Waals surface area contributed by atoms with Crippen molar-refractivity contribution in [2.45, 2.75) is 80.7 Å². The first kappa shape index (κ1) is 50.1. The number of aromatic nitrogens is 1. The molecule has 1 aliphatic carbocycles. The molecule has 4 saturated heterocycles. The van der Waals surface area contributed by atoms with E-state index in [-0.39, 0.29) is 64.5 Å². The van der Waals surface area contributed by atoms with Crippen LogP contribution in [0.3, 0.4) is 0 Å². The molecule has 10 rings (SSSR count). The van der Waals surface area contributed by atoms with Crippen molar-refractivity contribution >= 4 is 56.9 Å². The van der Waals surface area contributed by atoms with Crippen molar-refractivity contribution in [1.82, 2.24) is 14.5 Å². The number of hydrogen-bond donors (Lipinski definition) is 2. The zero-order valence-corrected chi connectivity index (χ0v) is 41.2. The van der Waals surface area contributed by atoms with Crippen LogP contribution in [0.5, 0.6) is 11.5 Å². The van der Waals surface area contributed by atoms with Crippen molar-refractivity contribution in [3.8, 4) is 11.5 Å². The molecule has 5 fully saturated rings. The zero-order chi connectivity index (χ0) is 49.8. The molecule has 5 aliphatic rings. The second-order valence-electron chi connectivity index (χ2n) is 18.5. The molecule has 1 aromatic heterocycles. The van der Waals surface area contributed by atoms with Crippen LogP contribution in [0.25, 0.3) is 0 Å². The number of nitrogens with one attached hydrogen (secondary N) is 2. The van der Waals surface area contributed by atoms with Gasteiger partial charge < -0.3 is 29.6 Å². The third-order valence-electron chi connectivity index (χ3n) is 13.5. The third-order valence-corrected chi connectivity index (χ3v) is 16.1. The lowest BCUT2D eigenvalue weighted by Gasteiger charge is -2.43. The lowest BCUT2D eigenvalue weighted by atomic mass is 9.86. The van der Waals surface area contributed by atoms with Gasteiger partial charge in [-0.15, -0.1) is 0 Å². The van der Waals surface area contributed by atoms with Gasteiger partial charge in [-0.3, -0.25) is 14.5 Å². The van der Waals surface area contributed by atoms with Crippen LogP contribution in [0.4, 0.5) is 19.3 Å². The second-order valence-corrected chi connectivity index (χ2v) is 21.2. The van der Waals surface area contributed by atoms with E-state index in [0.717, 1.165) is 48.6 Å². The Kier molecular flexibility index (Phi) is 15.4. The predicted molar refractivity (Wildman–Crippen MR) is 260 cm³/mol. The molecular weight excluding hydrogens is 980 g/mol. The van der Waals surface area contributed by atoms with Crippen molar-refractivity contribution in [1.29, 1.82) is 0 Å². The van der Waals surface area contributed by atoms with E-state index in [4.69, 9.17) is 42.1 Å². The van der Waals surface area contributed by atoms with Crippen LogP contribution in [0.15, 0.2) is 114 Å². The number of alkyl carbamates (subject to hydrolysis) is 1. The molecule has 1 saturated carbocycles. The molecule has 2 bridgehead atoms. The Morgan fingerprint density at radius 2 is 1.54 bits per heavy atom. The first-order valence-electron chi connectivity index (χ1n) is 23.7. The Morgan fingerprint density at radius 1 is 0.817 bits per heavy atom. The van der Waals surface area contributed by atoms with E-state index >= 15 is 0 Å². The molecule has 2 amide bonds. The lowest BCUT2D eigenvalue weighted by Crippen LogP contribution is -2.52. The molecule has 5 aromatic rings. The number of amides is 2. The number of benzene rings is 4. The summed E-state index contributed by atoms with van der Waals surface area (Å²) >= 11 is 13.3. The Morgan fingerprint density at radius 3 is 2.21 bits per heavy atom. The summed E-state index contributed by atoms with van der Waals surface area (Å²) < 4.78 is 80.9. The summed E-state index contributed by atoms with van der Waals surface area (Å²) in [6, 6.07) is 24.4. The molecule has 5 heterocycles. The number of aryl methyl sites for hydroxylation is 1. The topological polar surface area (TPSA) is 157 Å². The van der Waals surface area contributed by atoms with Gasteiger partial charge in [0.2, 0.25) is 10.0 Å². The van der Waals surface area contributed by atoms with E-state index in [1.54, 1.807) is 42.2 Å². The number of piperidine rings is 3. The van der Waals surface area contributed by atoms with Crippen LogP contribution in [-0.4, -0.2) is 87.1 Å². The zero-order valence-electron chi connectivity index (χ0n) is 38.9. The van der Waals surface area contributed by atoms with Gasteiger partial charge in [-0.2, -0.15) is 13.1 Å². The van der Waals surface area contributed by atoms with Gasteiger partial charge in [-0.1, -0.05) is 71.7 Å². The molecule has 374 valence electrons. The van der Waals surface area contributed by atoms with E-state index in [9.17, 15) is 31.6 Å². The molecule has 4 atom stereocenters. The quantitative estimate of drug-likeness (QED) is 0.0642. The fourth-order valence-corrected chi connectivity index (χ4v) is 11.9. The summed E-state index contributed by atoms with van der Waals surface area (Å²) in [5.41, 5.74) is 2.87. The van der Waals surface area contributed by atoms with Crippen molar-refractivity contribution in [2.75, 3.05) is 38.1 Å². The number of rotatable bonds is 18. The van der Waals surface area contributed by atoms with Crippen molar-refractivity contribution < 1.29 is 55.1 Å². The van der Waals surface area contributed by atoms with Crippen LogP contribution in [0.1, 0.15) is 83.3 Å². The van der Waals surface area contributed by atoms with Gasteiger partial charge in [0.25, 0.3) is 5.91 Å². The number of fused-ring (bicyclic) bond motifs is 3. The van der Waals surface area contributed by atoms with Gasteiger partial charge in [0.1, 0.15) is 35.3 Å². The maximum Gasteiger partial charge on any atom is 0.408 e. The number of esters is 1. The van der Waals surface area contributed by atoms with Gasteiger partial charge >= 0.3 is 18.7 Å². The van der Waals surface area contributed by atoms with Crippen LogP contribution < -0.4 is 24.7 Å². The largest absolute Gasteiger partial charge is 0.489 e. The number of carbonyl (C=O) groups is 3. The van der Waals surface area contributed by atoms with Crippen molar-refractivity contribution in [3.63, 3.8) is 0 Å². The summed E-state index contributed by atoms with van der Waals surface area (Å²) in [5, 5.41) is 6.44. The number of ether oxygens (including phenoxy) is 4. The second kappa shape index (κ2) is 21.9. The Bertz CT molecular complexity index is 2830. The number of carbonyl (C=O) groups excluding carboxylic acids is 3. The van der Waals surface area contributed by atoms with Gasteiger partial charge in [-0.05, 0) is 129 Å². The fraction of sp³-hybridized carbons (Fsp3) is 0.385. The predicted octanol–water partition coefficient (Wildman–Crippen LogP) is 9.05. The molecular formula is C52H54Cl2F2N5O9S+. The maximum absolute atomic E-state index is 14.3. The molecule has 0 spiro atoms. The molecule has 2 N–H and O–H groups in total. The van der Waals surface area contributed by atoms with E-state index < -0.39 is 52.8 Å². The standard InChI is InChI=1S/C52H53Cl2F2N5O9S/c1-59-28-41(53)40(42(54)29-59)27-45(35-14-19-44(69-51(55)56)46(26-35)67-31-32-12-13-32)68-50(63)43-11-6-22-61(43)71(65,66)39-17-15-38(16-18-39)57-49(62)37-10-5-9-36(25-37)48(34-7-3-2-4-8-34)58-52(64)70-47-30-60-23-20-33(47)21-24-60/h2-5,7-10,14-19,25-26,28-29,32-33,43,45,47-48,51H,6,11-13,20-24,27,30-31H2,1H3,(H-,57,58,62,64)/p+1/t43-,45-,47-,48-/m0/s1. The monoisotopic (exact) mass is 1030 g/mol. The number of alkyl halides is 2. The lowest BCUT2D eigenvalue weighted by molar-refractivity contribution is -0.671. The molecule has 4 aromatic carbocycles. The van der Waals surface area contributed by atoms with Crippen LogP contribution in [-0.2, 0) is 37.8 Å². The Labute approximate surface area is 421 Å². The molecule has 71 heavy (non-hydrogen) atoms. The van der Waals surface area contributed by atoms with Gasteiger partial charge in [0.15, 0.2) is 23.9 Å². The molecule has 0 radical (unpaired) electrons. The SMILES string of the molecule is C[n+]1cc(Cl)c(C[C@H](OC(=O)[C@@H]2CCCN2S(=O)(=O)c2ccc(NC(=O)c3cccc([C@@H](NC(=O)O[C@H]4CN5CCC4CC5)c4ccccc4)c3)cc2)c2ccc(OC(F)F)c(OCC3CC3)c2)c(Cl)c1. The van der Waals surface area contributed by atoms with E-state index in [1.165, 1.54) is 42.5 Å². The number of anilines is 1. The highest BCUT2D eigenvalue weighted by Gasteiger charge is 2.42. The Balaban J connectivity index is 0.890. The third kappa shape index (κ3) is 12.1. The molecule has 0 unspecified atom stereocenters. The summed E-state index contributed by atoms with van der Waals surface area (Å²) in [5.74, 6) is -0.837. The number of sulfonamides is 1. The number of halogens is 4. The van der Waals surface area contributed by atoms with Crippen LogP contribution in [0, 0.1) is 11.8 Å². The fourth-order valence-electron chi connectivity index (χ4n) is 9.52. The van der Waals surface area contributed by atoms with E-state index in [0.29, 0.717) is 46.8 Å². The smallest absolute Gasteiger partial charge is 0.408 e. The average Bonchev–Trinajstić information content (AvgIpc) is 4.05. The summed E-state index contributed by atoms with van der Waals surface area (Å²) in [7, 11) is -2.54. The minimum absolute atomic E-state index is 0.0313. The highest BCUT2D eigenvalue weighted by atomic mass is 35.5. The minimum Gasteiger partial charge on any atom is -0.489 e. The Hall–Kier alpha value is -5.85. The van der Waals surface area contributed by atoms with Crippen LogP contribution >= 0.6 is 23.2 Å².